The first-order chi connectivity index (χ1) is 9.15. The van der Waals surface area contributed by atoms with Crippen molar-refractivity contribution in [1.82, 2.24) is 14.0 Å². The first kappa shape index (κ1) is 14.5. The highest BCUT2D eigenvalue weighted by Gasteiger charge is 2.41. The second-order valence-corrected chi connectivity index (χ2v) is 5.71. The van der Waals surface area contributed by atoms with Gasteiger partial charge < -0.3 is 10.0 Å². The summed E-state index contributed by atoms with van der Waals surface area (Å²) < 4.78 is 2.10. The van der Waals surface area contributed by atoms with Crippen LogP contribution in [0.1, 0.15) is 24.3 Å². The molecule has 110 valence electrons. The SMILES string of the molecule is C[C@@H]1CN(C(=O)c2cc(=O)n(C)c(=O)n2C)C[C@]1(C)O. The predicted octanol–water partition coefficient (Wildman–Crippen LogP) is -1.07. The maximum atomic E-state index is 12.4. The van der Waals surface area contributed by atoms with Gasteiger partial charge in [-0.05, 0) is 6.92 Å². The highest BCUT2D eigenvalue weighted by Crippen LogP contribution is 2.27. The number of hydrogen-bond donors (Lipinski definition) is 1. The molecule has 0 aliphatic carbocycles. The summed E-state index contributed by atoms with van der Waals surface area (Å²) in [7, 11) is 2.81. The van der Waals surface area contributed by atoms with Gasteiger partial charge in [0.25, 0.3) is 11.5 Å². The average Bonchev–Trinajstić information content (AvgIpc) is 2.65. The molecular weight excluding hydrogens is 262 g/mol. The van der Waals surface area contributed by atoms with Crippen molar-refractivity contribution in [2.75, 3.05) is 13.1 Å². The van der Waals surface area contributed by atoms with E-state index in [1.807, 2.05) is 6.92 Å². The number of aliphatic hydroxyl groups is 1. The second-order valence-electron chi connectivity index (χ2n) is 5.71. The third kappa shape index (κ3) is 2.18. The molecule has 1 fully saturated rings. The Kier molecular flexibility index (Phi) is 3.33. The number of carbonyl (C=O) groups excluding carboxylic acids is 1. The zero-order valence-corrected chi connectivity index (χ0v) is 12.1. The van der Waals surface area contributed by atoms with Crippen molar-refractivity contribution in [1.29, 1.82) is 0 Å². The molecule has 0 saturated carbocycles. The van der Waals surface area contributed by atoms with Gasteiger partial charge in [-0.3, -0.25) is 18.7 Å². The summed E-state index contributed by atoms with van der Waals surface area (Å²) in [5, 5.41) is 10.1. The third-order valence-corrected chi connectivity index (χ3v) is 4.10. The normalized spacial score (nSPS) is 26.1. The van der Waals surface area contributed by atoms with Crippen LogP contribution in [-0.2, 0) is 14.1 Å². The summed E-state index contributed by atoms with van der Waals surface area (Å²) in [4.78, 5) is 37.4. The highest BCUT2D eigenvalue weighted by atomic mass is 16.3. The first-order valence-electron chi connectivity index (χ1n) is 6.44. The van der Waals surface area contributed by atoms with Crippen LogP contribution < -0.4 is 11.2 Å². The zero-order chi connectivity index (χ0) is 15.2. The fourth-order valence-corrected chi connectivity index (χ4v) is 2.39. The third-order valence-electron chi connectivity index (χ3n) is 4.10. The molecule has 1 aliphatic rings. The molecule has 0 spiro atoms. The minimum atomic E-state index is -0.950. The van der Waals surface area contributed by atoms with E-state index >= 15 is 0 Å². The largest absolute Gasteiger partial charge is 0.388 e. The van der Waals surface area contributed by atoms with E-state index in [2.05, 4.69) is 0 Å². The van der Waals surface area contributed by atoms with Gasteiger partial charge in [0, 0.05) is 39.2 Å². The molecule has 1 aliphatic heterocycles. The Balaban J connectivity index is 2.42. The van der Waals surface area contributed by atoms with E-state index in [0.29, 0.717) is 6.54 Å². The Morgan fingerprint density at radius 3 is 2.45 bits per heavy atom. The molecule has 2 heterocycles. The van der Waals surface area contributed by atoms with Gasteiger partial charge in [0.05, 0.1) is 5.60 Å². The van der Waals surface area contributed by atoms with Crippen LogP contribution in [0.5, 0.6) is 0 Å². The molecule has 1 saturated heterocycles. The van der Waals surface area contributed by atoms with Crippen LogP contribution in [0.2, 0.25) is 0 Å². The van der Waals surface area contributed by atoms with Gasteiger partial charge >= 0.3 is 5.69 Å². The van der Waals surface area contributed by atoms with Crippen molar-refractivity contribution in [3.63, 3.8) is 0 Å². The lowest BCUT2D eigenvalue weighted by Crippen LogP contribution is -2.42. The molecule has 1 aromatic rings. The van der Waals surface area contributed by atoms with Crippen molar-refractivity contribution < 1.29 is 9.90 Å². The van der Waals surface area contributed by atoms with Crippen molar-refractivity contribution >= 4 is 5.91 Å². The molecule has 7 nitrogen and oxygen atoms in total. The molecule has 0 aromatic carbocycles. The molecule has 2 rings (SSSR count). The minimum Gasteiger partial charge on any atom is -0.388 e. The number of hydrogen-bond acceptors (Lipinski definition) is 4. The maximum absolute atomic E-state index is 12.4. The molecule has 0 radical (unpaired) electrons. The molecule has 0 unspecified atom stereocenters. The number of likely N-dealkylation sites (tertiary alicyclic amines) is 1. The van der Waals surface area contributed by atoms with Gasteiger partial charge in [0.2, 0.25) is 0 Å². The molecule has 7 heteroatoms. The lowest BCUT2D eigenvalue weighted by Gasteiger charge is -2.21. The smallest absolute Gasteiger partial charge is 0.331 e. The van der Waals surface area contributed by atoms with E-state index in [9.17, 15) is 19.5 Å². The summed E-state index contributed by atoms with van der Waals surface area (Å²) in [5.74, 6) is -0.470. The van der Waals surface area contributed by atoms with E-state index < -0.39 is 22.8 Å². The van der Waals surface area contributed by atoms with Gasteiger partial charge in [-0.1, -0.05) is 6.92 Å². The lowest BCUT2D eigenvalue weighted by molar-refractivity contribution is 0.0349. The Bertz CT molecular complexity index is 671. The van der Waals surface area contributed by atoms with E-state index in [1.165, 1.54) is 19.0 Å². The Morgan fingerprint density at radius 1 is 1.35 bits per heavy atom. The van der Waals surface area contributed by atoms with E-state index in [-0.39, 0.29) is 18.2 Å². The number of carbonyl (C=O) groups is 1. The average molecular weight is 281 g/mol. The van der Waals surface area contributed by atoms with Crippen LogP contribution in [0.4, 0.5) is 0 Å². The Hall–Kier alpha value is -1.89. The van der Waals surface area contributed by atoms with Gasteiger partial charge in [-0.15, -0.1) is 0 Å². The van der Waals surface area contributed by atoms with Crippen molar-refractivity contribution in [2.45, 2.75) is 19.4 Å². The standard InChI is InChI=1S/C13H19N3O4/c1-8-6-16(7-13(8,2)20)11(18)9-5-10(17)15(4)12(19)14(9)3/h5,8,20H,6-7H2,1-4H3/t8-,13+/m1/s1. The fraction of sp³-hybridized carbons (Fsp3) is 0.615. The number of β-amino-alcohol motifs (C(OH)–C–C–N with tert-alkyl or cyclic N) is 1. The van der Waals surface area contributed by atoms with E-state index in [1.54, 1.807) is 6.92 Å². The molecule has 1 aromatic heterocycles. The van der Waals surface area contributed by atoms with Crippen LogP contribution in [0.3, 0.4) is 0 Å². The quantitative estimate of drug-likeness (QED) is 0.710. The summed E-state index contributed by atoms with van der Waals surface area (Å²) in [5.41, 5.74) is -1.97. The summed E-state index contributed by atoms with van der Waals surface area (Å²) in [6, 6.07) is 1.15. The summed E-state index contributed by atoms with van der Waals surface area (Å²) >= 11 is 0. The van der Waals surface area contributed by atoms with Crippen molar-refractivity contribution in [3.8, 4) is 0 Å². The van der Waals surface area contributed by atoms with Gasteiger partial charge in [0.1, 0.15) is 5.69 Å². The minimum absolute atomic E-state index is 0.0444. The second kappa shape index (κ2) is 4.59. The zero-order valence-electron chi connectivity index (χ0n) is 12.1. The molecule has 0 bridgehead atoms. The summed E-state index contributed by atoms with van der Waals surface area (Å²) in [6.45, 7) is 4.12. The first-order valence-corrected chi connectivity index (χ1v) is 6.44. The number of nitrogens with zero attached hydrogens (tertiary/aromatic N) is 3. The predicted molar refractivity (Wildman–Crippen MR) is 72.6 cm³/mol. The van der Waals surface area contributed by atoms with Gasteiger partial charge in [-0.25, -0.2) is 4.79 Å². The molecule has 1 N–H and O–H groups in total. The van der Waals surface area contributed by atoms with Crippen LogP contribution in [-0.4, -0.2) is 43.7 Å². The van der Waals surface area contributed by atoms with Gasteiger partial charge in [0.15, 0.2) is 0 Å². The van der Waals surface area contributed by atoms with Crippen LogP contribution in [0.25, 0.3) is 0 Å². The van der Waals surface area contributed by atoms with Crippen LogP contribution in [0, 0.1) is 5.92 Å². The molecule has 20 heavy (non-hydrogen) atoms. The highest BCUT2D eigenvalue weighted by molar-refractivity contribution is 5.92. The van der Waals surface area contributed by atoms with Crippen LogP contribution >= 0.6 is 0 Å². The maximum Gasteiger partial charge on any atom is 0.331 e. The monoisotopic (exact) mass is 281 g/mol. The summed E-state index contributed by atoms with van der Waals surface area (Å²) in [6.07, 6.45) is 0. The number of aromatic nitrogens is 2. The Morgan fingerprint density at radius 2 is 1.95 bits per heavy atom. The molecule has 2 atom stereocenters. The Labute approximate surface area is 116 Å². The van der Waals surface area contributed by atoms with Crippen molar-refractivity contribution in [3.05, 3.63) is 32.6 Å². The topological polar surface area (TPSA) is 84.5 Å². The molecular formula is C13H19N3O4. The van der Waals surface area contributed by atoms with Gasteiger partial charge in [-0.2, -0.15) is 0 Å². The van der Waals surface area contributed by atoms with Crippen molar-refractivity contribution in [2.24, 2.45) is 20.0 Å². The molecule has 1 amide bonds. The number of rotatable bonds is 1. The van der Waals surface area contributed by atoms with E-state index in [4.69, 9.17) is 0 Å². The van der Waals surface area contributed by atoms with Crippen LogP contribution in [0.15, 0.2) is 15.7 Å². The lowest BCUT2D eigenvalue weighted by atomic mass is 9.95. The number of amides is 1. The fourth-order valence-electron chi connectivity index (χ4n) is 2.39. The van der Waals surface area contributed by atoms with E-state index in [0.717, 1.165) is 15.2 Å².